The van der Waals surface area contributed by atoms with Crippen molar-refractivity contribution in [3.8, 4) is 0 Å². The fraction of sp³-hybridized carbons (Fsp3) is 0.0909. The molecule has 15 heavy (non-hydrogen) atoms. The maximum absolute atomic E-state index is 11.4. The van der Waals surface area contributed by atoms with Crippen molar-refractivity contribution in [3.63, 3.8) is 0 Å². The molecular weight excluding hydrogens is 194 g/mol. The first-order valence-electron chi connectivity index (χ1n) is 4.41. The number of methoxy groups -OCH3 is 1. The summed E-state index contributed by atoms with van der Waals surface area (Å²) < 4.78 is 6.25. The van der Waals surface area contributed by atoms with Gasteiger partial charge in [-0.15, -0.1) is 0 Å². The summed E-state index contributed by atoms with van der Waals surface area (Å²) in [6, 6.07) is 7.08. The van der Waals surface area contributed by atoms with Gasteiger partial charge in [-0.2, -0.15) is 0 Å². The highest BCUT2D eigenvalue weighted by molar-refractivity contribution is 5.99. The maximum Gasteiger partial charge on any atom is 0.340 e. The minimum absolute atomic E-state index is 0.290. The summed E-state index contributed by atoms with van der Waals surface area (Å²) in [4.78, 5) is 22.3. The summed E-state index contributed by atoms with van der Waals surface area (Å²) in [5.41, 5.74) is 1.40. The Labute approximate surface area is 86.1 Å². The van der Waals surface area contributed by atoms with E-state index < -0.39 is 5.97 Å². The number of esters is 1. The first-order valence-corrected chi connectivity index (χ1v) is 4.41. The van der Waals surface area contributed by atoms with Gasteiger partial charge in [0.1, 0.15) is 5.69 Å². The highest BCUT2D eigenvalue weighted by Gasteiger charge is 2.15. The molecule has 2 heterocycles. The van der Waals surface area contributed by atoms with Gasteiger partial charge < -0.3 is 9.14 Å². The molecule has 4 nitrogen and oxygen atoms in total. The Morgan fingerprint density at radius 2 is 2.27 bits per heavy atom. The second-order valence-electron chi connectivity index (χ2n) is 3.05. The van der Waals surface area contributed by atoms with Gasteiger partial charge >= 0.3 is 5.97 Å². The summed E-state index contributed by atoms with van der Waals surface area (Å²) in [6.45, 7) is 0. The summed E-state index contributed by atoms with van der Waals surface area (Å²) >= 11 is 0. The van der Waals surface area contributed by atoms with Gasteiger partial charge in [-0.1, -0.05) is 6.07 Å². The van der Waals surface area contributed by atoms with Crippen molar-refractivity contribution in [2.24, 2.45) is 0 Å². The van der Waals surface area contributed by atoms with E-state index in [2.05, 4.69) is 4.74 Å². The van der Waals surface area contributed by atoms with Crippen LogP contribution in [0.3, 0.4) is 0 Å². The highest BCUT2D eigenvalue weighted by atomic mass is 16.5. The van der Waals surface area contributed by atoms with Gasteiger partial charge in [0.2, 0.25) is 0 Å². The van der Waals surface area contributed by atoms with Gasteiger partial charge in [0.15, 0.2) is 6.29 Å². The summed E-state index contributed by atoms with van der Waals surface area (Å²) in [7, 11) is 1.29. The SMILES string of the molecule is COC(=O)c1cc2ccccn2c1C=O. The Kier molecular flexibility index (Phi) is 2.25. The Bertz CT molecular complexity index is 528. The fourth-order valence-corrected chi connectivity index (χ4v) is 1.54. The Hall–Kier alpha value is -2.10. The molecule has 0 radical (unpaired) electrons. The number of pyridine rings is 1. The topological polar surface area (TPSA) is 47.8 Å². The van der Waals surface area contributed by atoms with E-state index in [4.69, 9.17) is 0 Å². The molecule has 0 bridgehead atoms. The third-order valence-electron chi connectivity index (χ3n) is 2.24. The molecule has 0 aliphatic rings. The molecule has 4 heteroatoms. The van der Waals surface area contributed by atoms with Gasteiger partial charge in [0, 0.05) is 11.7 Å². The second kappa shape index (κ2) is 3.57. The van der Waals surface area contributed by atoms with Crippen LogP contribution in [0.4, 0.5) is 0 Å². The molecule has 0 aliphatic heterocycles. The Morgan fingerprint density at radius 1 is 1.47 bits per heavy atom. The number of rotatable bonds is 2. The van der Waals surface area contributed by atoms with Gasteiger partial charge in [0.05, 0.1) is 12.7 Å². The minimum atomic E-state index is -0.499. The molecule has 0 atom stereocenters. The molecular formula is C11H9NO3. The third kappa shape index (κ3) is 1.40. The molecule has 76 valence electrons. The standard InChI is InChI=1S/C11H9NO3/c1-15-11(14)9-6-8-4-2-3-5-12(8)10(9)7-13/h2-7H,1H3. The predicted octanol–water partition coefficient (Wildman–Crippen LogP) is 1.54. The second-order valence-corrected chi connectivity index (χ2v) is 3.05. The number of aldehydes is 1. The van der Waals surface area contributed by atoms with Crippen molar-refractivity contribution in [3.05, 3.63) is 41.7 Å². The number of aromatic nitrogens is 1. The van der Waals surface area contributed by atoms with Crippen LogP contribution in [0.15, 0.2) is 30.5 Å². The number of hydrogen-bond acceptors (Lipinski definition) is 3. The molecule has 0 saturated heterocycles. The van der Waals surface area contributed by atoms with E-state index >= 15 is 0 Å². The normalized spacial score (nSPS) is 10.2. The van der Waals surface area contributed by atoms with Crippen LogP contribution >= 0.6 is 0 Å². The first kappa shape index (κ1) is 9.45. The zero-order valence-corrected chi connectivity index (χ0v) is 8.14. The van der Waals surface area contributed by atoms with E-state index in [9.17, 15) is 9.59 Å². The number of nitrogens with zero attached hydrogens (tertiary/aromatic N) is 1. The van der Waals surface area contributed by atoms with Crippen LogP contribution in [0, 0.1) is 0 Å². The summed E-state index contributed by atoms with van der Waals surface area (Å²) in [6.07, 6.45) is 2.38. The number of carbonyl (C=O) groups excluding carboxylic acids is 2. The maximum atomic E-state index is 11.4. The van der Waals surface area contributed by atoms with Crippen LogP contribution in [-0.2, 0) is 4.74 Å². The molecule has 0 aromatic carbocycles. The third-order valence-corrected chi connectivity index (χ3v) is 2.24. The number of ether oxygens (including phenoxy) is 1. The van der Waals surface area contributed by atoms with Crippen LogP contribution < -0.4 is 0 Å². The predicted molar refractivity (Wildman–Crippen MR) is 54.1 cm³/mol. The molecule has 2 aromatic rings. The van der Waals surface area contributed by atoms with Gasteiger partial charge in [-0.25, -0.2) is 4.79 Å². The average Bonchev–Trinajstić information content (AvgIpc) is 2.66. The van der Waals surface area contributed by atoms with E-state index in [0.29, 0.717) is 17.5 Å². The summed E-state index contributed by atoms with van der Waals surface area (Å²) in [5, 5.41) is 0. The summed E-state index contributed by atoms with van der Waals surface area (Å²) in [5.74, 6) is -0.499. The molecule has 2 rings (SSSR count). The van der Waals surface area contributed by atoms with Gasteiger partial charge in [-0.3, -0.25) is 4.79 Å². The van der Waals surface area contributed by atoms with Crippen molar-refractivity contribution in [1.82, 2.24) is 4.40 Å². The van der Waals surface area contributed by atoms with E-state index in [0.717, 1.165) is 5.52 Å². The highest BCUT2D eigenvalue weighted by Crippen LogP contribution is 2.15. The lowest BCUT2D eigenvalue weighted by Crippen LogP contribution is -2.04. The van der Waals surface area contributed by atoms with Crippen molar-refractivity contribution in [2.45, 2.75) is 0 Å². The van der Waals surface area contributed by atoms with Gasteiger partial charge in [0.25, 0.3) is 0 Å². The number of hydrogen-bond donors (Lipinski definition) is 0. The fourth-order valence-electron chi connectivity index (χ4n) is 1.54. The van der Waals surface area contributed by atoms with Crippen LogP contribution in [0.2, 0.25) is 0 Å². The van der Waals surface area contributed by atoms with Crippen molar-refractivity contribution in [1.29, 1.82) is 0 Å². The van der Waals surface area contributed by atoms with Crippen LogP contribution in [-0.4, -0.2) is 23.8 Å². The molecule has 0 N–H and O–H groups in total. The lowest BCUT2D eigenvalue weighted by molar-refractivity contribution is 0.0598. The Balaban J connectivity index is 2.74. The quantitative estimate of drug-likeness (QED) is 0.549. The lowest BCUT2D eigenvalue weighted by atomic mass is 10.2. The van der Waals surface area contributed by atoms with Crippen LogP contribution in [0.25, 0.3) is 5.52 Å². The number of fused-ring (bicyclic) bond motifs is 1. The molecule has 0 aliphatic carbocycles. The van der Waals surface area contributed by atoms with E-state index in [1.165, 1.54) is 7.11 Å². The molecule has 0 saturated carbocycles. The molecule has 0 unspecified atom stereocenters. The lowest BCUT2D eigenvalue weighted by Gasteiger charge is -1.97. The van der Waals surface area contributed by atoms with Crippen LogP contribution in [0.5, 0.6) is 0 Å². The first-order chi connectivity index (χ1) is 7.27. The minimum Gasteiger partial charge on any atom is -0.465 e. The van der Waals surface area contributed by atoms with Crippen molar-refractivity contribution >= 4 is 17.8 Å². The van der Waals surface area contributed by atoms with Crippen molar-refractivity contribution < 1.29 is 14.3 Å². The average molecular weight is 203 g/mol. The zero-order valence-electron chi connectivity index (χ0n) is 8.14. The molecule has 0 spiro atoms. The largest absolute Gasteiger partial charge is 0.465 e. The molecule has 2 aromatic heterocycles. The molecule has 0 fully saturated rings. The molecule has 0 amide bonds. The monoisotopic (exact) mass is 203 g/mol. The van der Waals surface area contributed by atoms with E-state index in [1.54, 1.807) is 22.7 Å². The zero-order chi connectivity index (χ0) is 10.8. The van der Waals surface area contributed by atoms with Gasteiger partial charge in [-0.05, 0) is 18.2 Å². The smallest absolute Gasteiger partial charge is 0.340 e. The number of carbonyl (C=O) groups is 2. The van der Waals surface area contributed by atoms with Crippen LogP contribution in [0.1, 0.15) is 20.8 Å². The Morgan fingerprint density at radius 3 is 2.93 bits per heavy atom. The van der Waals surface area contributed by atoms with Crippen molar-refractivity contribution in [2.75, 3.05) is 7.11 Å². The van der Waals surface area contributed by atoms with E-state index in [-0.39, 0.29) is 0 Å². The van der Waals surface area contributed by atoms with E-state index in [1.807, 2.05) is 12.1 Å².